The van der Waals surface area contributed by atoms with Crippen LogP contribution in [0.3, 0.4) is 0 Å². The molecule has 3 atom stereocenters. The van der Waals surface area contributed by atoms with E-state index >= 15 is 0 Å². The molecule has 0 amide bonds. The summed E-state index contributed by atoms with van der Waals surface area (Å²) in [6, 6.07) is 2.21. The molecular formula is C11H22N2O. The third kappa shape index (κ3) is 2.47. The van der Waals surface area contributed by atoms with Crippen molar-refractivity contribution in [2.75, 3.05) is 13.1 Å². The van der Waals surface area contributed by atoms with E-state index in [-0.39, 0.29) is 6.10 Å². The molecule has 0 radical (unpaired) electrons. The number of hydrogen-bond acceptors (Lipinski definition) is 3. The van der Waals surface area contributed by atoms with Gasteiger partial charge in [-0.25, -0.2) is 0 Å². The third-order valence-electron chi connectivity index (χ3n) is 3.34. The predicted molar refractivity (Wildman–Crippen MR) is 57.3 cm³/mol. The van der Waals surface area contributed by atoms with Crippen molar-refractivity contribution in [2.45, 2.75) is 57.3 Å². The molecule has 0 aromatic rings. The molecule has 2 fully saturated rings. The summed E-state index contributed by atoms with van der Waals surface area (Å²) in [6.45, 7) is 6.07. The standard InChI is InChI=1S/C11H22N2O/c1-8-5-10(12-6-9(2)14)7-13(8)11-3-4-11/h8-12,14H,3-7H2,1-2H3. The summed E-state index contributed by atoms with van der Waals surface area (Å²) in [5, 5.41) is 12.6. The van der Waals surface area contributed by atoms with Crippen LogP contribution in [-0.2, 0) is 0 Å². The Kier molecular flexibility index (Phi) is 3.10. The Bertz CT molecular complexity index is 192. The van der Waals surface area contributed by atoms with Gasteiger partial charge < -0.3 is 10.4 Å². The molecule has 0 aromatic carbocycles. The molecule has 2 rings (SSSR count). The van der Waals surface area contributed by atoms with Gasteiger partial charge in [-0.15, -0.1) is 0 Å². The number of hydrogen-bond donors (Lipinski definition) is 2. The lowest BCUT2D eigenvalue weighted by Gasteiger charge is -2.19. The van der Waals surface area contributed by atoms with E-state index in [1.54, 1.807) is 0 Å². The van der Waals surface area contributed by atoms with Crippen LogP contribution < -0.4 is 5.32 Å². The molecule has 1 saturated heterocycles. The van der Waals surface area contributed by atoms with Crippen LogP contribution in [0.25, 0.3) is 0 Å². The van der Waals surface area contributed by atoms with Crippen molar-refractivity contribution in [3.8, 4) is 0 Å². The van der Waals surface area contributed by atoms with E-state index in [9.17, 15) is 5.11 Å². The van der Waals surface area contributed by atoms with E-state index in [2.05, 4.69) is 17.1 Å². The molecule has 3 heteroatoms. The summed E-state index contributed by atoms with van der Waals surface area (Å²) in [4.78, 5) is 2.62. The predicted octanol–water partition coefficient (Wildman–Crippen LogP) is 0.582. The molecule has 2 N–H and O–H groups in total. The molecule has 1 aliphatic heterocycles. The van der Waals surface area contributed by atoms with Crippen molar-refractivity contribution >= 4 is 0 Å². The summed E-state index contributed by atoms with van der Waals surface area (Å²) in [5.41, 5.74) is 0. The topological polar surface area (TPSA) is 35.5 Å². The number of rotatable bonds is 4. The molecule has 14 heavy (non-hydrogen) atoms. The molecule has 1 aliphatic carbocycles. The number of nitrogens with zero attached hydrogens (tertiary/aromatic N) is 1. The van der Waals surface area contributed by atoms with Crippen LogP contribution >= 0.6 is 0 Å². The highest BCUT2D eigenvalue weighted by Crippen LogP contribution is 2.33. The first kappa shape index (κ1) is 10.4. The maximum absolute atomic E-state index is 9.19. The lowest BCUT2D eigenvalue weighted by atomic mass is 10.2. The molecule has 1 saturated carbocycles. The van der Waals surface area contributed by atoms with Gasteiger partial charge in [0.25, 0.3) is 0 Å². The molecule has 0 spiro atoms. The van der Waals surface area contributed by atoms with Crippen molar-refractivity contribution in [2.24, 2.45) is 0 Å². The Labute approximate surface area is 86.5 Å². The van der Waals surface area contributed by atoms with E-state index in [1.807, 2.05) is 6.92 Å². The molecule has 0 bridgehead atoms. The van der Waals surface area contributed by atoms with Gasteiger partial charge in [0, 0.05) is 31.2 Å². The maximum Gasteiger partial charge on any atom is 0.0636 e. The van der Waals surface area contributed by atoms with Gasteiger partial charge in [-0.2, -0.15) is 0 Å². The van der Waals surface area contributed by atoms with E-state index in [0.717, 1.165) is 18.6 Å². The molecule has 1 heterocycles. The molecule has 3 nitrogen and oxygen atoms in total. The normalized spacial score (nSPS) is 36.2. The average molecular weight is 198 g/mol. The second-order valence-corrected chi connectivity index (χ2v) is 4.97. The highest BCUT2D eigenvalue weighted by atomic mass is 16.3. The summed E-state index contributed by atoms with van der Waals surface area (Å²) in [5.74, 6) is 0. The van der Waals surface area contributed by atoms with E-state index in [1.165, 1.54) is 25.8 Å². The summed E-state index contributed by atoms with van der Waals surface area (Å²) >= 11 is 0. The minimum atomic E-state index is -0.222. The van der Waals surface area contributed by atoms with E-state index in [0.29, 0.717) is 6.04 Å². The monoisotopic (exact) mass is 198 g/mol. The van der Waals surface area contributed by atoms with Crippen molar-refractivity contribution in [1.29, 1.82) is 0 Å². The van der Waals surface area contributed by atoms with E-state index < -0.39 is 0 Å². The average Bonchev–Trinajstić information content (AvgIpc) is 2.88. The maximum atomic E-state index is 9.19. The summed E-state index contributed by atoms with van der Waals surface area (Å²) < 4.78 is 0. The zero-order chi connectivity index (χ0) is 10.1. The van der Waals surface area contributed by atoms with Crippen molar-refractivity contribution in [3.63, 3.8) is 0 Å². The number of likely N-dealkylation sites (tertiary alicyclic amines) is 1. The molecule has 2 aliphatic rings. The minimum absolute atomic E-state index is 0.222. The van der Waals surface area contributed by atoms with Gasteiger partial charge in [-0.1, -0.05) is 0 Å². The van der Waals surface area contributed by atoms with Gasteiger partial charge in [-0.3, -0.25) is 4.90 Å². The lowest BCUT2D eigenvalue weighted by molar-refractivity contribution is 0.185. The van der Waals surface area contributed by atoms with Gasteiger partial charge in [0.2, 0.25) is 0 Å². The fraction of sp³-hybridized carbons (Fsp3) is 1.00. The first-order chi connectivity index (χ1) is 6.66. The van der Waals surface area contributed by atoms with Crippen molar-refractivity contribution in [3.05, 3.63) is 0 Å². The Morgan fingerprint density at radius 2 is 2.21 bits per heavy atom. The second kappa shape index (κ2) is 4.17. The first-order valence-corrected chi connectivity index (χ1v) is 5.84. The molecule has 0 aromatic heterocycles. The number of aliphatic hydroxyl groups excluding tert-OH is 1. The lowest BCUT2D eigenvalue weighted by Crippen LogP contribution is -2.37. The van der Waals surface area contributed by atoms with Gasteiger partial charge in [-0.05, 0) is 33.1 Å². The quantitative estimate of drug-likeness (QED) is 0.694. The first-order valence-electron chi connectivity index (χ1n) is 5.84. The van der Waals surface area contributed by atoms with Gasteiger partial charge in [0.1, 0.15) is 0 Å². The zero-order valence-electron chi connectivity index (χ0n) is 9.24. The van der Waals surface area contributed by atoms with Crippen LogP contribution in [0, 0.1) is 0 Å². The number of aliphatic hydroxyl groups is 1. The van der Waals surface area contributed by atoms with Gasteiger partial charge in [0.15, 0.2) is 0 Å². The van der Waals surface area contributed by atoms with Crippen LogP contribution in [-0.4, -0.2) is 47.3 Å². The fourth-order valence-corrected chi connectivity index (χ4v) is 2.46. The van der Waals surface area contributed by atoms with Crippen LogP contribution in [0.5, 0.6) is 0 Å². The minimum Gasteiger partial charge on any atom is -0.392 e. The summed E-state index contributed by atoms with van der Waals surface area (Å²) in [6.07, 6.45) is 3.81. The van der Waals surface area contributed by atoms with Crippen molar-refractivity contribution < 1.29 is 5.11 Å². The third-order valence-corrected chi connectivity index (χ3v) is 3.34. The van der Waals surface area contributed by atoms with Crippen LogP contribution in [0.4, 0.5) is 0 Å². The van der Waals surface area contributed by atoms with Crippen LogP contribution in [0.15, 0.2) is 0 Å². The zero-order valence-corrected chi connectivity index (χ0v) is 9.24. The SMILES string of the molecule is CC(O)CNC1CC(C)N(C2CC2)C1. The Morgan fingerprint density at radius 1 is 1.50 bits per heavy atom. The van der Waals surface area contributed by atoms with Gasteiger partial charge in [0.05, 0.1) is 6.10 Å². The Morgan fingerprint density at radius 3 is 2.79 bits per heavy atom. The smallest absolute Gasteiger partial charge is 0.0636 e. The second-order valence-electron chi connectivity index (χ2n) is 4.97. The summed E-state index contributed by atoms with van der Waals surface area (Å²) in [7, 11) is 0. The Balaban J connectivity index is 1.74. The van der Waals surface area contributed by atoms with E-state index in [4.69, 9.17) is 0 Å². The Hall–Kier alpha value is -0.120. The molecular weight excluding hydrogens is 176 g/mol. The number of nitrogens with one attached hydrogen (secondary N) is 1. The van der Waals surface area contributed by atoms with Crippen LogP contribution in [0.2, 0.25) is 0 Å². The molecule has 82 valence electrons. The fourth-order valence-electron chi connectivity index (χ4n) is 2.46. The highest BCUT2D eigenvalue weighted by Gasteiger charge is 2.38. The van der Waals surface area contributed by atoms with Gasteiger partial charge >= 0.3 is 0 Å². The highest BCUT2D eigenvalue weighted by molar-refractivity contribution is 4.95. The van der Waals surface area contributed by atoms with Crippen LogP contribution in [0.1, 0.15) is 33.1 Å². The molecule has 3 unspecified atom stereocenters. The van der Waals surface area contributed by atoms with Crippen molar-refractivity contribution in [1.82, 2.24) is 10.2 Å². The largest absolute Gasteiger partial charge is 0.392 e.